The molecular formula is C9H22N2O2. The van der Waals surface area contributed by atoms with E-state index in [4.69, 9.17) is 10.2 Å². The van der Waals surface area contributed by atoms with Crippen molar-refractivity contribution in [2.75, 3.05) is 26.8 Å². The van der Waals surface area contributed by atoms with Crippen molar-refractivity contribution >= 4 is 0 Å². The first-order valence-corrected chi connectivity index (χ1v) is 4.90. The first kappa shape index (κ1) is 12.8. The van der Waals surface area contributed by atoms with Gasteiger partial charge in [-0.2, -0.15) is 0 Å². The topological polar surface area (TPSA) is 64.5 Å². The Morgan fingerprint density at radius 3 is 2.00 bits per heavy atom. The Kier molecular flexibility index (Phi) is 8.33. The van der Waals surface area contributed by atoms with Gasteiger partial charge in [0.15, 0.2) is 0 Å². The predicted octanol–water partition coefficient (Wildman–Crippen LogP) is -0.683. The lowest BCUT2D eigenvalue weighted by Gasteiger charge is -2.18. The highest BCUT2D eigenvalue weighted by molar-refractivity contribution is 4.70. The number of aliphatic hydroxyl groups is 2. The Bertz CT molecular complexity index is 108. The molecule has 4 heteroatoms. The highest BCUT2D eigenvalue weighted by Gasteiger charge is 2.09. The van der Waals surface area contributed by atoms with Gasteiger partial charge >= 0.3 is 0 Å². The van der Waals surface area contributed by atoms with Crippen molar-refractivity contribution < 1.29 is 10.2 Å². The number of hydrogen-bond donors (Lipinski definition) is 4. The summed E-state index contributed by atoms with van der Waals surface area (Å²) in [6.45, 7) is 3.20. The second-order valence-electron chi connectivity index (χ2n) is 3.18. The van der Waals surface area contributed by atoms with E-state index in [1.165, 1.54) is 0 Å². The summed E-state index contributed by atoms with van der Waals surface area (Å²) in [7, 11) is 1.84. The fourth-order valence-corrected chi connectivity index (χ4v) is 1.28. The molecule has 0 aromatic carbocycles. The zero-order valence-electron chi connectivity index (χ0n) is 8.58. The maximum Gasteiger partial charge on any atom is 0.0584 e. The number of hydrogen-bond acceptors (Lipinski definition) is 4. The van der Waals surface area contributed by atoms with Crippen LogP contribution in [0.4, 0.5) is 0 Å². The number of likely N-dealkylation sites (N-methyl/N-ethyl adjacent to an activating group) is 2. The van der Waals surface area contributed by atoms with Crippen LogP contribution in [-0.4, -0.2) is 49.1 Å². The molecule has 0 bridgehead atoms. The van der Waals surface area contributed by atoms with Crippen LogP contribution in [0.5, 0.6) is 0 Å². The summed E-state index contributed by atoms with van der Waals surface area (Å²) in [6, 6.07) is 0.306. The Labute approximate surface area is 80.3 Å². The lowest BCUT2D eigenvalue weighted by molar-refractivity contribution is 0.210. The highest BCUT2D eigenvalue weighted by Crippen LogP contribution is 2.00. The van der Waals surface area contributed by atoms with Crippen LogP contribution in [0.3, 0.4) is 0 Å². The second kappa shape index (κ2) is 8.44. The molecule has 0 saturated carbocycles. The Balaban J connectivity index is 3.56. The van der Waals surface area contributed by atoms with Crippen LogP contribution >= 0.6 is 0 Å². The monoisotopic (exact) mass is 190 g/mol. The van der Waals surface area contributed by atoms with E-state index in [-0.39, 0.29) is 25.3 Å². The van der Waals surface area contributed by atoms with Crippen LogP contribution < -0.4 is 10.6 Å². The second-order valence-corrected chi connectivity index (χ2v) is 3.18. The van der Waals surface area contributed by atoms with E-state index >= 15 is 0 Å². The fourth-order valence-electron chi connectivity index (χ4n) is 1.28. The van der Waals surface area contributed by atoms with Crippen molar-refractivity contribution in [3.05, 3.63) is 0 Å². The summed E-state index contributed by atoms with van der Waals surface area (Å²) in [5, 5.41) is 24.1. The zero-order valence-corrected chi connectivity index (χ0v) is 8.58. The molecule has 13 heavy (non-hydrogen) atoms. The van der Waals surface area contributed by atoms with E-state index in [0.717, 1.165) is 19.4 Å². The summed E-state index contributed by atoms with van der Waals surface area (Å²) in [5.74, 6) is 0. The molecule has 0 fully saturated rings. The summed E-state index contributed by atoms with van der Waals surface area (Å²) in [4.78, 5) is 0. The van der Waals surface area contributed by atoms with Gasteiger partial charge in [0.25, 0.3) is 0 Å². The fraction of sp³-hybridized carbons (Fsp3) is 1.00. The smallest absolute Gasteiger partial charge is 0.0584 e. The molecular weight excluding hydrogens is 168 g/mol. The molecule has 0 aliphatic heterocycles. The molecule has 0 heterocycles. The molecule has 0 aliphatic carbocycles. The van der Waals surface area contributed by atoms with E-state index in [0.29, 0.717) is 0 Å². The van der Waals surface area contributed by atoms with Gasteiger partial charge in [-0.3, -0.25) is 0 Å². The van der Waals surface area contributed by atoms with Crippen molar-refractivity contribution in [3.63, 3.8) is 0 Å². The Hall–Kier alpha value is -0.160. The third-order valence-electron chi connectivity index (χ3n) is 2.21. The third kappa shape index (κ3) is 5.99. The standard InChI is InChI=1S/C9H22N2O2/c1-3-11-9(7-13)5-4-8(6-12)10-2/h8-13H,3-7H2,1-2H3/t8-,9-/m1/s1. The maximum atomic E-state index is 8.97. The van der Waals surface area contributed by atoms with Gasteiger partial charge in [-0.25, -0.2) is 0 Å². The molecule has 80 valence electrons. The van der Waals surface area contributed by atoms with Gasteiger partial charge in [0.05, 0.1) is 13.2 Å². The van der Waals surface area contributed by atoms with Gasteiger partial charge in [-0.15, -0.1) is 0 Å². The molecule has 0 aromatic rings. The lowest BCUT2D eigenvalue weighted by Crippen LogP contribution is -2.36. The molecule has 4 N–H and O–H groups in total. The average Bonchev–Trinajstić information content (AvgIpc) is 2.17. The Morgan fingerprint density at radius 2 is 1.62 bits per heavy atom. The molecule has 0 aliphatic rings. The molecule has 0 unspecified atom stereocenters. The minimum atomic E-state index is 0.146. The molecule has 0 amide bonds. The number of rotatable bonds is 8. The lowest BCUT2D eigenvalue weighted by atomic mass is 10.1. The van der Waals surface area contributed by atoms with E-state index in [1.54, 1.807) is 0 Å². The first-order valence-electron chi connectivity index (χ1n) is 4.90. The Morgan fingerprint density at radius 1 is 1.08 bits per heavy atom. The van der Waals surface area contributed by atoms with Gasteiger partial charge in [0.2, 0.25) is 0 Å². The van der Waals surface area contributed by atoms with Crippen LogP contribution in [0, 0.1) is 0 Å². The summed E-state index contributed by atoms with van der Waals surface area (Å²) in [5.41, 5.74) is 0. The van der Waals surface area contributed by atoms with Crippen molar-refractivity contribution in [1.82, 2.24) is 10.6 Å². The van der Waals surface area contributed by atoms with E-state index in [9.17, 15) is 0 Å². The van der Waals surface area contributed by atoms with E-state index < -0.39 is 0 Å². The van der Waals surface area contributed by atoms with Gasteiger partial charge in [-0.1, -0.05) is 6.92 Å². The molecule has 0 spiro atoms. The van der Waals surface area contributed by atoms with Crippen LogP contribution in [0.2, 0.25) is 0 Å². The van der Waals surface area contributed by atoms with Gasteiger partial charge in [-0.05, 0) is 26.4 Å². The summed E-state index contributed by atoms with van der Waals surface area (Å²) >= 11 is 0. The largest absolute Gasteiger partial charge is 0.395 e. The molecule has 2 atom stereocenters. The van der Waals surface area contributed by atoms with Crippen LogP contribution in [-0.2, 0) is 0 Å². The highest BCUT2D eigenvalue weighted by atomic mass is 16.3. The SMILES string of the molecule is CCN[C@@H](CO)CC[C@H](CO)NC. The zero-order chi connectivity index (χ0) is 10.1. The maximum absolute atomic E-state index is 8.97. The van der Waals surface area contributed by atoms with Gasteiger partial charge in [0, 0.05) is 12.1 Å². The van der Waals surface area contributed by atoms with Gasteiger partial charge < -0.3 is 20.8 Å². The van der Waals surface area contributed by atoms with Crippen molar-refractivity contribution in [3.8, 4) is 0 Å². The minimum absolute atomic E-state index is 0.146. The molecule has 0 saturated heterocycles. The normalized spacial score (nSPS) is 15.7. The quantitative estimate of drug-likeness (QED) is 0.409. The summed E-state index contributed by atoms with van der Waals surface area (Å²) < 4.78 is 0. The minimum Gasteiger partial charge on any atom is -0.395 e. The van der Waals surface area contributed by atoms with Gasteiger partial charge in [0.1, 0.15) is 0 Å². The predicted molar refractivity (Wildman–Crippen MR) is 53.7 cm³/mol. The first-order chi connectivity index (χ1) is 6.28. The summed E-state index contributed by atoms with van der Waals surface area (Å²) in [6.07, 6.45) is 1.77. The van der Waals surface area contributed by atoms with E-state index in [2.05, 4.69) is 10.6 Å². The van der Waals surface area contributed by atoms with Crippen molar-refractivity contribution in [2.45, 2.75) is 31.8 Å². The number of nitrogens with one attached hydrogen (secondary N) is 2. The van der Waals surface area contributed by atoms with E-state index in [1.807, 2.05) is 14.0 Å². The van der Waals surface area contributed by atoms with Crippen molar-refractivity contribution in [1.29, 1.82) is 0 Å². The molecule has 0 aromatic heterocycles. The van der Waals surface area contributed by atoms with Crippen LogP contribution in [0.25, 0.3) is 0 Å². The molecule has 0 rings (SSSR count). The average molecular weight is 190 g/mol. The van der Waals surface area contributed by atoms with Crippen LogP contribution in [0.15, 0.2) is 0 Å². The third-order valence-corrected chi connectivity index (χ3v) is 2.21. The van der Waals surface area contributed by atoms with Crippen LogP contribution in [0.1, 0.15) is 19.8 Å². The molecule has 4 nitrogen and oxygen atoms in total. The molecule has 0 radical (unpaired) electrons. The number of aliphatic hydroxyl groups excluding tert-OH is 2. The van der Waals surface area contributed by atoms with Crippen molar-refractivity contribution in [2.24, 2.45) is 0 Å².